The summed E-state index contributed by atoms with van der Waals surface area (Å²) in [7, 11) is 0. The number of nitrogens with zero attached hydrogens (tertiary/aromatic N) is 1. The van der Waals surface area contributed by atoms with Crippen molar-refractivity contribution < 1.29 is 0 Å². The molecule has 2 heteroatoms. The first kappa shape index (κ1) is 13.2. The molecule has 1 aliphatic rings. The van der Waals surface area contributed by atoms with Gasteiger partial charge in [0.25, 0.3) is 0 Å². The van der Waals surface area contributed by atoms with Crippen molar-refractivity contribution in [1.29, 1.82) is 0 Å². The molecule has 1 aromatic carbocycles. The molecule has 0 aromatic heterocycles. The first-order valence-corrected chi connectivity index (χ1v) is 6.21. The molecule has 2 rings (SSSR count). The summed E-state index contributed by atoms with van der Waals surface area (Å²) in [4.78, 5) is 2.62. The maximum absolute atomic E-state index is 2.62. The molecular weight excluding hydrogens is 196 g/mol. The van der Waals surface area contributed by atoms with Crippen molar-refractivity contribution in [3.63, 3.8) is 0 Å². The van der Waals surface area contributed by atoms with Crippen LogP contribution in [0.25, 0.3) is 0 Å². The van der Waals surface area contributed by atoms with E-state index in [1.54, 1.807) is 0 Å². The predicted molar refractivity (Wildman–Crippen MR) is 70.1 cm³/mol. The highest BCUT2D eigenvalue weighted by Crippen LogP contribution is 2.10. The van der Waals surface area contributed by atoms with Crippen LogP contribution in [0.3, 0.4) is 0 Å². The van der Waals surface area contributed by atoms with Crippen LogP contribution < -0.4 is 6.15 Å². The van der Waals surface area contributed by atoms with E-state index in [-0.39, 0.29) is 6.15 Å². The van der Waals surface area contributed by atoms with Crippen LogP contribution in [-0.4, -0.2) is 24.5 Å². The molecule has 2 nitrogen and oxygen atoms in total. The van der Waals surface area contributed by atoms with E-state index in [1.807, 2.05) is 0 Å². The zero-order valence-corrected chi connectivity index (χ0v) is 10.2. The Morgan fingerprint density at radius 1 is 0.938 bits per heavy atom. The first-order chi connectivity index (χ1) is 7.45. The average molecular weight is 220 g/mol. The summed E-state index contributed by atoms with van der Waals surface area (Å²) in [5.74, 6) is 0. The van der Waals surface area contributed by atoms with Crippen molar-refractivity contribution in [3.8, 4) is 0 Å². The van der Waals surface area contributed by atoms with Gasteiger partial charge in [-0.3, -0.25) is 0 Å². The molecule has 0 amide bonds. The van der Waals surface area contributed by atoms with E-state index >= 15 is 0 Å². The summed E-state index contributed by atoms with van der Waals surface area (Å²) >= 11 is 0. The van der Waals surface area contributed by atoms with Gasteiger partial charge in [-0.15, -0.1) is 0 Å². The van der Waals surface area contributed by atoms with Gasteiger partial charge in [-0.25, -0.2) is 0 Å². The largest absolute Gasteiger partial charge is 0.344 e. The fraction of sp³-hybridized carbons (Fsp3) is 0.571. The summed E-state index contributed by atoms with van der Waals surface area (Å²) in [5.41, 5.74) is 1.48. The molecule has 1 fully saturated rings. The third-order valence-electron chi connectivity index (χ3n) is 3.23. The Labute approximate surface area is 99.2 Å². The van der Waals surface area contributed by atoms with Gasteiger partial charge in [-0.1, -0.05) is 36.8 Å². The molecule has 16 heavy (non-hydrogen) atoms. The van der Waals surface area contributed by atoms with Crippen LogP contribution in [0, 0.1) is 0 Å². The predicted octanol–water partition coefficient (Wildman–Crippen LogP) is 3.27. The van der Waals surface area contributed by atoms with Crippen molar-refractivity contribution in [2.45, 2.75) is 32.1 Å². The van der Waals surface area contributed by atoms with Crippen LogP contribution in [0.1, 0.15) is 31.2 Å². The minimum absolute atomic E-state index is 0. The van der Waals surface area contributed by atoms with Crippen LogP contribution in [0.5, 0.6) is 0 Å². The first-order valence-electron chi connectivity index (χ1n) is 6.21. The summed E-state index contributed by atoms with van der Waals surface area (Å²) in [6.07, 6.45) is 6.80. The second-order valence-corrected chi connectivity index (χ2v) is 4.49. The normalized spacial score (nSPS) is 16.8. The molecule has 1 heterocycles. The Hall–Kier alpha value is -0.860. The van der Waals surface area contributed by atoms with E-state index in [1.165, 1.54) is 57.3 Å². The smallest absolute Gasteiger partial charge is 0.00156 e. The maximum atomic E-state index is 2.62. The molecule has 0 radical (unpaired) electrons. The maximum Gasteiger partial charge on any atom is -0.00156 e. The van der Waals surface area contributed by atoms with Crippen LogP contribution in [0.15, 0.2) is 30.3 Å². The highest BCUT2D eigenvalue weighted by Gasteiger charge is 2.08. The number of benzene rings is 1. The van der Waals surface area contributed by atoms with E-state index in [4.69, 9.17) is 0 Å². The third kappa shape index (κ3) is 4.33. The number of rotatable bonds is 4. The van der Waals surface area contributed by atoms with Crippen molar-refractivity contribution >= 4 is 0 Å². The van der Waals surface area contributed by atoms with Gasteiger partial charge in [-0.05, 0) is 50.9 Å². The molecule has 1 aliphatic heterocycles. The summed E-state index contributed by atoms with van der Waals surface area (Å²) < 4.78 is 0. The van der Waals surface area contributed by atoms with Crippen LogP contribution in [0.4, 0.5) is 0 Å². The van der Waals surface area contributed by atoms with Gasteiger partial charge >= 0.3 is 0 Å². The number of aryl methyl sites for hydroxylation is 1. The van der Waals surface area contributed by atoms with Gasteiger partial charge in [0.1, 0.15) is 0 Å². The van der Waals surface area contributed by atoms with E-state index in [9.17, 15) is 0 Å². The molecule has 0 atom stereocenters. The zero-order chi connectivity index (χ0) is 10.3. The summed E-state index contributed by atoms with van der Waals surface area (Å²) in [5, 5.41) is 0. The Bertz CT molecular complexity index is 265. The lowest BCUT2D eigenvalue weighted by Crippen LogP contribution is -2.30. The minimum Gasteiger partial charge on any atom is -0.344 e. The molecule has 0 bridgehead atoms. The van der Waals surface area contributed by atoms with Gasteiger partial charge < -0.3 is 11.1 Å². The van der Waals surface area contributed by atoms with Gasteiger partial charge in [0.05, 0.1) is 0 Å². The molecule has 90 valence electrons. The standard InChI is InChI=1S/C14H21N.H3N/c1-3-8-14(9-4-1)10-7-13-15-11-5-2-6-12-15;/h1,3-4,8-9H,2,5-7,10-13H2;1H3. The minimum atomic E-state index is 0. The highest BCUT2D eigenvalue weighted by molar-refractivity contribution is 5.14. The Morgan fingerprint density at radius 3 is 2.31 bits per heavy atom. The molecular formula is C14H24N2. The number of hydrogen-bond acceptors (Lipinski definition) is 2. The van der Waals surface area contributed by atoms with Gasteiger partial charge in [0.15, 0.2) is 0 Å². The van der Waals surface area contributed by atoms with Gasteiger partial charge in [0, 0.05) is 0 Å². The van der Waals surface area contributed by atoms with E-state index in [0.29, 0.717) is 0 Å². The number of piperidine rings is 1. The Kier molecular flexibility index (Phi) is 6.12. The van der Waals surface area contributed by atoms with Crippen molar-refractivity contribution in [3.05, 3.63) is 35.9 Å². The molecule has 3 N–H and O–H groups in total. The van der Waals surface area contributed by atoms with Gasteiger partial charge in [-0.2, -0.15) is 0 Å². The number of hydrogen-bond donors (Lipinski definition) is 1. The monoisotopic (exact) mass is 220 g/mol. The van der Waals surface area contributed by atoms with E-state index in [0.717, 1.165) is 0 Å². The Balaban J connectivity index is 0.00000128. The van der Waals surface area contributed by atoms with Crippen LogP contribution in [0.2, 0.25) is 0 Å². The molecule has 1 aromatic rings. The zero-order valence-electron chi connectivity index (χ0n) is 10.2. The summed E-state index contributed by atoms with van der Waals surface area (Å²) in [6, 6.07) is 10.8. The van der Waals surface area contributed by atoms with Crippen LogP contribution in [-0.2, 0) is 6.42 Å². The fourth-order valence-electron chi connectivity index (χ4n) is 2.33. The SMILES string of the molecule is N.c1ccc(CCCN2CCCCC2)cc1. The lowest BCUT2D eigenvalue weighted by atomic mass is 10.1. The molecule has 1 saturated heterocycles. The molecule has 0 aliphatic carbocycles. The van der Waals surface area contributed by atoms with Crippen molar-refractivity contribution in [1.82, 2.24) is 11.1 Å². The third-order valence-corrected chi connectivity index (χ3v) is 3.23. The lowest BCUT2D eigenvalue weighted by molar-refractivity contribution is 0.226. The number of likely N-dealkylation sites (tertiary alicyclic amines) is 1. The second kappa shape index (κ2) is 7.42. The highest BCUT2D eigenvalue weighted by atomic mass is 15.1. The Morgan fingerprint density at radius 2 is 1.62 bits per heavy atom. The second-order valence-electron chi connectivity index (χ2n) is 4.49. The summed E-state index contributed by atoms with van der Waals surface area (Å²) in [6.45, 7) is 3.94. The quantitative estimate of drug-likeness (QED) is 0.845. The van der Waals surface area contributed by atoms with Gasteiger partial charge in [0.2, 0.25) is 0 Å². The van der Waals surface area contributed by atoms with E-state index in [2.05, 4.69) is 35.2 Å². The molecule has 0 unspecified atom stereocenters. The molecule has 0 spiro atoms. The van der Waals surface area contributed by atoms with E-state index < -0.39 is 0 Å². The van der Waals surface area contributed by atoms with Crippen molar-refractivity contribution in [2.75, 3.05) is 19.6 Å². The average Bonchev–Trinajstić information content (AvgIpc) is 2.32. The fourth-order valence-corrected chi connectivity index (χ4v) is 2.33. The topological polar surface area (TPSA) is 38.2 Å². The lowest BCUT2D eigenvalue weighted by Gasteiger charge is -2.26. The van der Waals surface area contributed by atoms with Crippen LogP contribution >= 0.6 is 0 Å². The molecule has 0 saturated carbocycles. The van der Waals surface area contributed by atoms with Crippen molar-refractivity contribution in [2.24, 2.45) is 0 Å².